The second kappa shape index (κ2) is 5.70. The zero-order valence-corrected chi connectivity index (χ0v) is 11.3. The van der Waals surface area contributed by atoms with Gasteiger partial charge in [-0.05, 0) is 37.5 Å². The summed E-state index contributed by atoms with van der Waals surface area (Å²) < 4.78 is 13.0. The van der Waals surface area contributed by atoms with E-state index in [1.54, 1.807) is 12.1 Å². The van der Waals surface area contributed by atoms with Gasteiger partial charge in [-0.1, -0.05) is 25.0 Å². The van der Waals surface area contributed by atoms with Crippen LogP contribution < -0.4 is 11.1 Å². The minimum absolute atomic E-state index is 0.0195. The first-order valence-electron chi connectivity index (χ1n) is 6.80. The fraction of sp³-hybridized carbons (Fsp3) is 0.533. The van der Waals surface area contributed by atoms with Crippen molar-refractivity contribution < 1.29 is 9.18 Å². The SMILES string of the molecule is CC1(N)CCCCC1C(=O)NCc1cccc(F)c1. The minimum Gasteiger partial charge on any atom is -0.352 e. The Morgan fingerprint density at radius 1 is 1.53 bits per heavy atom. The van der Waals surface area contributed by atoms with Gasteiger partial charge in [0.15, 0.2) is 0 Å². The fourth-order valence-electron chi connectivity index (χ4n) is 2.75. The molecule has 2 rings (SSSR count). The Morgan fingerprint density at radius 3 is 3.00 bits per heavy atom. The fourth-order valence-corrected chi connectivity index (χ4v) is 2.75. The molecule has 1 saturated carbocycles. The number of benzene rings is 1. The summed E-state index contributed by atoms with van der Waals surface area (Å²) in [7, 11) is 0. The van der Waals surface area contributed by atoms with Crippen molar-refractivity contribution in [2.75, 3.05) is 0 Å². The van der Waals surface area contributed by atoms with E-state index in [-0.39, 0.29) is 17.6 Å². The van der Waals surface area contributed by atoms with Gasteiger partial charge in [-0.25, -0.2) is 4.39 Å². The van der Waals surface area contributed by atoms with Crippen LogP contribution in [0.5, 0.6) is 0 Å². The lowest BCUT2D eigenvalue weighted by Crippen LogP contribution is -2.52. The maximum absolute atomic E-state index is 13.0. The number of halogens is 1. The highest BCUT2D eigenvalue weighted by atomic mass is 19.1. The predicted molar refractivity (Wildman–Crippen MR) is 72.8 cm³/mol. The lowest BCUT2D eigenvalue weighted by Gasteiger charge is -2.37. The summed E-state index contributed by atoms with van der Waals surface area (Å²) in [6.45, 7) is 2.29. The lowest BCUT2D eigenvalue weighted by atomic mass is 9.74. The van der Waals surface area contributed by atoms with Crippen molar-refractivity contribution in [2.24, 2.45) is 11.7 Å². The third kappa shape index (κ3) is 3.53. The van der Waals surface area contributed by atoms with Crippen LogP contribution in [0, 0.1) is 11.7 Å². The Hall–Kier alpha value is -1.42. The molecule has 1 aliphatic carbocycles. The maximum atomic E-state index is 13.0. The summed E-state index contributed by atoms with van der Waals surface area (Å²) >= 11 is 0. The number of hydrogen-bond donors (Lipinski definition) is 2. The molecule has 0 aliphatic heterocycles. The van der Waals surface area contributed by atoms with Gasteiger partial charge in [0.25, 0.3) is 0 Å². The Kier molecular flexibility index (Phi) is 4.20. The van der Waals surface area contributed by atoms with Gasteiger partial charge >= 0.3 is 0 Å². The normalized spacial score (nSPS) is 27.0. The molecule has 3 nitrogen and oxygen atoms in total. The summed E-state index contributed by atoms with van der Waals surface area (Å²) in [6, 6.07) is 6.27. The molecule has 1 aliphatic rings. The molecule has 2 atom stereocenters. The van der Waals surface area contributed by atoms with Crippen LogP contribution in [0.1, 0.15) is 38.2 Å². The largest absolute Gasteiger partial charge is 0.352 e. The number of hydrogen-bond acceptors (Lipinski definition) is 2. The van der Waals surface area contributed by atoms with Gasteiger partial charge in [0.2, 0.25) is 5.91 Å². The molecule has 0 spiro atoms. The van der Waals surface area contributed by atoms with E-state index in [0.29, 0.717) is 6.54 Å². The van der Waals surface area contributed by atoms with E-state index in [9.17, 15) is 9.18 Å². The number of rotatable bonds is 3. The van der Waals surface area contributed by atoms with Crippen LogP contribution in [0.25, 0.3) is 0 Å². The van der Waals surface area contributed by atoms with E-state index in [1.165, 1.54) is 12.1 Å². The summed E-state index contributed by atoms with van der Waals surface area (Å²) in [5, 5.41) is 2.87. The summed E-state index contributed by atoms with van der Waals surface area (Å²) in [5.41, 5.74) is 6.54. The van der Waals surface area contributed by atoms with Crippen LogP contribution in [-0.4, -0.2) is 11.4 Å². The van der Waals surface area contributed by atoms with E-state index in [0.717, 1.165) is 31.2 Å². The second-order valence-electron chi connectivity index (χ2n) is 5.65. The van der Waals surface area contributed by atoms with Crippen LogP contribution in [0.4, 0.5) is 4.39 Å². The molecule has 0 heterocycles. The maximum Gasteiger partial charge on any atom is 0.225 e. The van der Waals surface area contributed by atoms with Crippen molar-refractivity contribution in [1.29, 1.82) is 0 Å². The van der Waals surface area contributed by atoms with E-state index in [2.05, 4.69) is 5.32 Å². The summed E-state index contributed by atoms with van der Waals surface area (Å²) in [6.07, 6.45) is 3.85. The van der Waals surface area contributed by atoms with Gasteiger partial charge in [0.05, 0.1) is 5.92 Å². The topological polar surface area (TPSA) is 55.1 Å². The summed E-state index contributed by atoms with van der Waals surface area (Å²) in [5.74, 6) is -0.447. The van der Waals surface area contributed by atoms with Crippen LogP contribution in [0.3, 0.4) is 0 Å². The van der Waals surface area contributed by atoms with Gasteiger partial charge in [0.1, 0.15) is 5.82 Å². The average Bonchev–Trinajstić information content (AvgIpc) is 2.35. The quantitative estimate of drug-likeness (QED) is 0.880. The highest BCUT2D eigenvalue weighted by Crippen LogP contribution is 2.31. The Balaban J connectivity index is 1.94. The molecule has 104 valence electrons. The molecule has 0 aromatic heterocycles. The molecule has 3 N–H and O–H groups in total. The third-order valence-corrected chi connectivity index (χ3v) is 3.93. The standard InChI is InChI=1S/C15H21FN2O/c1-15(17)8-3-2-7-13(15)14(19)18-10-11-5-4-6-12(16)9-11/h4-6,9,13H,2-3,7-8,10,17H2,1H3,(H,18,19). The molecule has 4 heteroatoms. The lowest BCUT2D eigenvalue weighted by molar-refractivity contribution is -0.128. The van der Waals surface area contributed by atoms with Crippen molar-refractivity contribution >= 4 is 5.91 Å². The third-order valence-electron chi connectivity index (χ3n) is 3.93. The molecular formula is C15H21FN2O. The summed E-state index contributed by atoms with van der Waals surface area (Å²) in [4.78, 5) is 12.2. The molecule has 2 unspecified atom stereocenters. The van der Waals surface area contributed by atoms with Crippen molar-refractivity contribution in [3.8, 4) is 0 Å². The van der Waals surface area contributed by atoms with Crippen molar-refractivity contribution in [3.63, 3.8) is 0 Å². The zero-order chi connectivity index (χ0) is 13.9. The monoisotopic (exact) mass is 264 g/mol. The van der Waals surface area contributed by atoms with Gasteiger partial charge in [-0.15, -0.1) is 0 Å². The molecule has 19 heavy (non-hydrogen) atoms. The van der Waals surface area contributed by atoms with E-state index >= 15 is 0 Å². The number of amides is 1. The Bertz CT molecular complexity index is 459. The van der Waals surface area contributed by atoms with E-state index in [4.69, 9.17) is 5.73 Å². The number of carbonyl (C=O) groups excluding carboxylic acids is 1. The smallest absolute Gasteiger partial charge is 0.225 e. The van der Waals surface area contributed by atoms with E-state index < -0.39 is 5.54 Å². The van der Waals surface area contributed by atoms with Crippen LogP contribution in [0.2, 0.25) is 0 Å². The number of nitrogens with two attached hydrogens (primary N) is 1. The molecule has 1 aromatic rings. The predicted octanol–water partition coefficient (Wildman–Crippen LogP) is 2.35. The number of carbonyl (C=O) groups is 1. The molecule has 0 saturated heterocycles. The Labute approximate surface area is 113 Å². The highest BCUT2D eigenvalue weighted by Gasteiger charge is 2.37. The molecule has 0 bridgehead atoms. The average molecular weight is 264 g/mol. The van der Waals surface area contributed by atoms with E-state index in [1.807, 2.05) is 6.92 Å². The minimum atomic E-state index is -0.426. The second-order valence-corrected chi connectivity index (χ2v) is 5.65. The molecule has 0 radical (unpaired) electrons. The van der Waals surface area contributed by atoms with Gasteiger partial charge in [-0.3, -0.25) is 4.79 Å². The first kappa shape index (κ1) is 14.0. The first-order valence-corrected chi connectivity index (χ1v) is 6.80. The Morgan fingerprint density at radius 2 is 2.32 bits per heavy atom. The molecule has 1 aromatic carbocycles. The van der Waals surface area contributed by atoms with Gasteiger partial charge in [0, 0.05) is 12.1 Å². The van der Waals surface area contributed by atoms with Crippen LogP contribution >= 0.6 is 0 Å². The van der Waals surface area contributed by atoms with Gasteiger partial charge < -0.3 is 11.1 Å². The molecule has 1 fully saturated rings. The first-order chi connectivity index (χ1) is 8.99. The van der Waals surface area contributed by atoms with Crippen molar-refractivity contribution in [1.82, 2.24) is 5.32 Å². The van der Waals surface area contributed by atoms with Crippen molar-refractivity contribution in [2.45, 2.75) is 44.7 Å². The highest BCUT2D eigenvalue weighted by molar-refractivity contribution is 5.80. The van der Waals surface area contributed by atoms with Crippen molar-refractivity contribution in [3.05, 3.63) is 35.6 Å². The van der Waals surface area contributed by atoms with Crippen LogP contribution in [-0.2, 0) is 11.3 Å². The zero-order valence-electron chi connectivity index (χ0n) is 11.3. The molecule has 1 amide bonds. The van der Waals surface area contributed by atoms with Crippen LogP contribution in [0.15, 0.2) is 24.3 Å². The van der Waals surface area contributed by atoms with Gasteiger partial charge in [-0.2, -0.15) is 0 Å². The molecular weight excluding hydrogens is 243 g/mol. The number of nitrogens with one attached hydrogen (secondary N) is 1.